The largest absolute Gasteiger partial charge is 0.462 e. The maximum Gasteiger partial charge on any atom is 0.306 e. The predicted molar refractivity (Wildman–Crippen MR) is 255 cm³/mol. The van der Waals surface area contributed by atoms with E-state index in [1.165, 1.54) is 193 Å². The minimum atomic E-state index is -0.782. The molecular formula is C53H103NO5. The molecule has 0 radical (unpaired) electrons. The van der Waals surface area contributed by atoms with Crippen LogP contribution in [0, 0.1) is 0 Å². The minimum Gasteiger partial charge on any atom is -0.462 e. The molecule has 59 heavy (non-hydrogen) atoms. The van der Waals surface area contributed by atoms with Crippen LogP contribution in [-0.4, -0.2) is 46.9 Å². The Morgan fingerprint density at radius 1 is 0.475 bits per heavy atom. The molecule has 350 valence electrons. The summed E-state index contributed by atoms with van der Waals surface area (Å²) in [5.74, 6) is -0.466. The van der Waals surface area contributed by atoms with Gasteiger partial charge in [0.1, 0.15) is 6.10 Å². The Labute approximate surface area is 368 Å². The van der Waals surface area contributed by atoms with Gasteiger partial charge in [-0.3, -0.25) is 9.59 Å². The van der Waals surface area contributed by atoms with E-state index in [4.69, 9.17) is 4.74 Å². The quantitative estimate of drug-likeness (QED) is 0.0322. The van der Waals surface area contributed by atoms with Gasteiger partial charge >= 0.3 is 5.97 Å². The molecule has 0 heterocycles. The number of aliphatic hydroxyl groups excluding tert-OH is 2. The Balaban J connectivity index is 4.53. The lowest BCUT2D eigenvalue weighted by Gasteiger charge is -2.24. The second-order valence-electron chi connectivity index (χ2n) is 18.3. The smallest absolute Gasteiger partial charge is 0.306 e. The van der Waals surface area contributed by atoms with Gasteiger partial charge < -0.3 is 20.3 Å². The molecule has 0 rings (SSSR count). The zero-order chi connectivity index (χ0) is 43.1. The van der Waals surface area contributed by atoms with Crippen molar-refractivity contribution >= 4 is 11.9 Å². The summed E-state index contributed by atoms with van der Waals surface area (Å²) in [6, 6.07) is -0.696. The highest BCUT2D eigenvalue weighted by Crippen LogP contribution is 2.19. The van der Waals surface area contributed by atoms with Crippen molar-refractivity contribution in [2.45, 2.75) is 309 Å². The summed E-state index contributed by atoms with van der Waals surface area (Å²) in [4.78, 5) is 26.1. The van der Waals surface area contributed by atoms with Crippen LogP contribution in [0.25, 0.3) is 0 Å². The standard InChI is InChI=1S/C53H103NO5/c1-4-7-10-13-16-19-22-24-25-26-27-28-30-32-35-38-41-44-49(59-53(58)46-43-40-37-34-31-23-20-17-14-11-8-5-2)47-52(57)54-50(48-55)51(56)45-42-39-36-33-29-21-18-15-12-9-6-3/h17,20,49-51,55-56H,4-16,18-19,21-48H2,1-3H3,(H,54,57)/b20-17-. The van der Waals surface area contributed by atoms with E-state index in [1.807, 2.05) is 0 Å². The number of esters is 1. The molecule has 0 bridgehead atoms. The highest BCUT2D eigenvalue weighted by Gasteiger charge is 2.24. The van der Waals surface area contributed by atoms with Crippen LogP contribution in [0.1, 0.15) is 290 Å². The number of hydrogen-bond acceptors (Lipinski definition) is 5. The minimum absolute atomic E-state index is 0.0816. The lowest BCUT2D eigenvalue weighted by Crippen LogP contribution is -2.46. The van der Waals surface area contributed by atoms with Gasteiger partial charge in [0.2, 0.25) is 5.91 Å². The van der Waals surface area contributed by atoms with E-state index >= 15 is 0 Å². The molecule has 3 unspecified atom stereocenters. The van der Waals surface area contributed by atoms with E-state index in [-0.39, 0.29) is 24.9 Å². The molecule has 0 saturated heterocycles. The summed E-state index contributed by atoms with van der Waals surface area (Å²) >= 11 is 0. The molecule has 0 aromatic heterocycles. The second kappa shape index (κ2) is 47.6. The van der Waals surface area contributed by atoms with E-state index in [0.717, 1.165) is 51.4 Å². The molecule has 0 aliphatic heterocycles. The summed E-state index contributed by atoms with van der Waals surface area (Å²) in [6.07, 6.45) is 52.7. The van der Waals surface area contributed by atoms with Gasteiger partial charge in [0, 0.05) is 6.42 Å². The molecular weight excluding hydrogens is 731 g/mol. The molecule has 3 N–H and O–H groups in total. The Hall–Kier alpha value is -1.40. The number of aliphatic hydroxyl groups is 2. The van der Waals surface area contributed by atoms with Gasteiger partial charge in [-0.15, -0.1) is 0 Å². The Kier molecular flexibility index (Phi) is 46.5. The molecule has 0 aliphatic carbocycles. The molecule has 0 aliphatic rings. The molecule has 0 aromatic rings. The second-order valence-corrected chi connectivity index (χ2v) is 18.3. The van der Waals surface area contributed by atoms with Crippen molar-refractivity contribution in [1.82, 2.24) is 5.32 Å². The molecule has 0 fully saturated rings. The van der Waals surface area contributed by atoms with E-state index in [2.05, 4.69) is 38.2 Å². The van der Waals surface area contributed by atoms with Crippen molar-refractivity contribution in [2.75, 3.05) is 6.61 Å². The van der Waals surface area contributed by atoms with Crippen molar-refractivity contribution in [3.05, 3.63) is 12.2 Å². The van der Waals surface area contributed by atoms with Crippen molar-refractivity contribution in [2.24, 2.45) is 0 Å². The molecule has 3 atom stereocenters. The van der Waals surface area contributed by atoms with Gasteiger partial charge in [0.05, 0.1) is 25.2 Å². The number of carbonyl (C=O) groups is 2. The first-order valence-electron chi connectivity index (χ1n) is 26.4. The summed E-state index contributed by atoms with van der Waals surface area (Å²) in [5, 5.41) is 23.7. The average molecular weight is 834 g/mol. The number of rotatable bonds is 48. The summed E-state index contributed by atoms with van der Waals surface area (Å²) in [7, 11) is 0. The highest BCUT2D eigenvalue weighted by atomic mass is 16.5. The third kappa shape index (κ3) is 43.1. The Bertz CT molecular complexity index is 893. The number of allylic oxidation sites excluding steroid dienone is 2. The number of amides is 1. The highest BCUT2D eigenvalue weighted by molar-refractivity contribution is 5.77. The molecule has 6 heteroatoms. The number of unbranched alkanes of at least 4 members (excludes halogenated alkanes) is 34. The maximum atomic E-state index is 13.2. The van der Waals surface area contributed by atoms with Crippen LogP contribution in [0.5, 0.6) is 0 Å². The van der Waals surface area contributed by atoms with Crippen molar-refractivity contribution in [1.29, 1.82) is 0 Å². The third-order valence-electron chi connectivity index (χ3n) is 12.3. The van der Waals surface area contributed by atoms with E-state index < -0.39 is 18.2 Å². The third-order valence-corrected chi connectivity index (χ3v) is 12.3. The van der Waals surface area contributed by atoms with Gasteiger partial charge in [0.15, 0.2) is 0 Å². The first-order chi connectivity index (χ1) is 29.0. The van der Waals surface area contributed by atoms with Gasteiger partial charge in [-0.1, -0.05) is 238 Å². The summed E-state index contributed by atoms with van der Waals surface area (Å²) < 4.78 is 5.94. The number of hydrogen-bond donors (Lipinski definition) is 3. The normalized spacial score (nSPS) is 13.2. The van der Waals surface area contributed by atoms with Crippen LogP contribution in [0.3, 0.4) is 0 Å². The fourth-order valence-corrected chi connectivity index (χ4v) is 8.31. The number of ether oxygens (including phenoxy) is 1. The molecule has 0 aromatic carbocycles. The van der Waals surface area contributed by atoms with Crippen LogP contribution in [0.2, 0.25) is 0 Å². The fourth-order valence-electron chi connectivity index (χ4n) is 8.31. The van der Waals surface area contributed by atoms with Crippen LogP contribution >= 0.6 is 0 Å². The Morgan fingerprint density at radius 3 is 1.24 bits per heavy atom. The first kappa shape index (κ1) is 57.6. The lowest BCUT2D eigenvalue weighted by atomic mass is 10.0. The Morgan fingerprint density at radius 2 is 0.814 bits per heavy atom. The monoisotopic (exact) mass is 834 g/mol. The first-order valence-corrected chi connectivity index (χ1v) is 26.4. The molecule has 0 spiro atoms. The maximum absolute atomic E-state index is 13.2. The average Bonchev–Trinajstić information content (AvgIpc) is 3.23. The predicted octanol–water partition coefficient (Wildman–Crippen LogP) is 15.7. The molecule has 1 amide bonds. The van der Waals surface area contributed by atoms with Gasteiger partial charge in [-0.2, -0.15) is 0 Å². The van der Waals surface area contributed by atoms with E-state index in [9.17, 15) is 19.8 Å². The van der Waals surface area contributed by atoms with Gasteiger partial charge in [-0.25, -0.2) is 0 Å². The van der Waals surface area contributed by atoms with Crippen molar-refractivity contribution in [3.63, 3.8) is 0 Å². The zero-order valence-electron chi connectivity index (χ0n) is 39.9. The number of carbonyl (C=O) groups excluding carboxylic acids is 2. The summed E-state index contributed by atoms with van der Waals surface area (Å²) in [5.41, 5.74) is 0. The van der Waals surface area contributed by atoms with Crippen LogP contribution < -0.4 is 5.32 Å². The van der Waals surface area contributed by atoms with Gasteiger partial charge in [0.25, 0.3) is 0 Å². The molecule has 0 saturated carbocycles. The zero-order valence-corrected chi connectivity index (χ0v) is 39.9. The van der Waals surface area contributed by atoms with Crippen molar-refractivity contribution < 1.29 is 24.5 Å². The van der Waals surface area contributed by atoms with Crippen molar-refractivity contribution in [3.8, 4) is 0 Å². The fraction of sp³-hybridized carbons (Fsp3) is 0.925. The summed E-state index contributed by atoms with van der Waals surface area (Å²) in [6.45, 7) is 6.48. The number of nitrogens with one attached hydrogen (secondary N) is 1. The van der Waals surface area contributed by atoms with E-state index in [0.29, 0.717) is 19.3 Å². The lowest BCUT2D eigenvalue weighted by molar-refractivity contribution is -0.151. The SMILES string of the molecule is CCCCC/C=C\CCCCCCCC(=O)OC(CCCCCCCCCCCCCCCCCCC)CC(=O)NC(CO)C(O)CCCCCCCCCCCCC. The van der Waals surface area contributed by atoms with Gasteiger partial charge in [-0.05, 0) is 51.4 Å². The van der Waals surface area contributed by atoms with Crippen LogP contribution in [-0.2, 0) is 14.3 Å². The van der Waals surface area contributed by atoms with Crippen LogP contribution in [0.4, 0.5) is 0 Å². The van der Waals surface area contributed by atoms with Crippen LogP contribution in [0.15, 0.2) is 12.2 Å². The van der Waals surface area contributed by atoms with E-state index in [1.54, 1.807) is 0 Å². The molecule has 6 nitrogen and oxygen atoms in total. The topological polar surface area (TPSA) is 95.9 Å².